The first kappa shape index (κ1) is 18.6. The molecule has 0 aliphatic carbocycles. The molecule has 2 aromatic carbocycles. The largest absolute Gasteiger partial charge is 0.497 e. The van der Waals surface area contributed by atoms with Gasteiger partial charge in [-0.15, -0.1) is 0 Å². The van der Waals surface area contributed by atoms with Crippen molar-refractivity contribution in [3.05, 3.63) is 59.2 Å². The van der Waals surface area contributed by atoms with Crippen molar-refractivity contribution in [2.75, 3.05) is 19.5 Å². The average Bonchev–Trinajstić information content (AvgIpc) is 2.62. The third-order valence-corrected chi connectivity index (χ3v) is 4.17. The highest BCUT2D eigenvalue weighted by atomic mass is 16.5. The predicted molar refractivity (Wildman–Crippen MR) is 102 cm³/mol. The summed E-state index contributed by atoms with van der Waals surface area (Å²) in [6, 6.07) is 11.6. The summed E-state index contributed by atoms with van der Waals surface area (Å²) in [5.41, 5.74) is 4.76. The van der Waals surface area contributed by atoms with E-state index >= 15 is 0 Å². The molecule has 132 valence electrons. The normalized spacial score (nSPS) is 11.2. The number of aryl methyl sites for hydroxylation is 2. The molecule has 4 nitrogen and oxygen atoms in total. The van der Waals surface area contributed by atoms with Crippen molar-refractivity contribution < 1.29 is 14.3 Å². The van der Waals surface area contributed by atoms with Crippen LogP contribution >= 0.6 is 0 Å². The fourth-order valence-corrected chi connectivity index (χ4v) is 2.76. The molecule has 0 aromatic heterocycles. The van der Waals surface area contributed by atoms with Gasteiger partial charge in [0, 0.05) is 23.4 Å². The highest BCUT2D eigenvalue weighted by molar-refractivity contribution is 6.04. The number of ether oxygens (including phenoxy) is 2. The lowest BCUT2D eigenvalue weighted by atomic mass is 10.0. The number of methoxy groups -OCH3 is 2. The van der Waals surface area contributed by atoms with Gasteiger partial charge in [0.1, 0.15) is 11.5 Å². The van der Waals surface area contributed by atoms with Gasteiger partial charge in [0.05, 0.1) is 14.2 Å². The van der Waals surface area contributed by atoms with Crippen LogP contribution in [0, 0.1) is 6.92 Å². The van der Waals surface area contributed by atoms with E-state index in [2.05, 4.69) is 12.2 Å². The van der Waals surface area contributed by atoms with Gasteiger partial charge < -0.3 is 14.8 Å². The molecule has 0 aliphatic heterocycles. The lowest BCUT2D eigenvalue weighted by molar-refractivity contribution is -0.111. The Morgan fingerprint density at radius 3 is 2.56 bits per heavy atom. The molecule has 0 bridgehead atoms. The SMILES string of the molecule is CCc1cccc(C)c1NC(=O)/C=C(\C)c1ccc(OC)cc1OC. The fraction of sp³-hybridized carbons (Fsp3) is 0.286. The minimum atomic E-state index is -0.153. The summed E-state index contributed by atoms with van der Waals surface area (Å²) in [6.07, 6.45) is 2.46. The third kappa shape index (κ3) is 4.41. The van der Waals surface area contributed by atoms with Gasteiger partial charge in [0.25, 0.3) is 0 Å². The molecule has 2 aromatic rings. The standard InChI is InChI=1S/C21H25NO3/c1-6-16-9-7-8-14(2)21(16)22-20(23)12-15(3)18-11-10-17(24-4)13-19(18)25-5/h7-13H,6H2,1-5H3,(H,22,23)/b15-12+. The molecule has 0 atom stereocenters. The van der Waals surface area contributed by atoms with Crippen LogP contribution in [0.3, 0.4) is 0 Å². The Morgan fingerprint density at radius 1 is 1.16 bits per heavy atom. The topological polar surface area (TPSA) is 47.6 Å². The van der Waals surface area contributed by atoms with Gasteiger partial charge in [0.2, 0.25) is 5.91 Å². The lowest BCUT2D eigenvalue weighted by Crippen LogP contribution is -2.11. The lowest BCUT2D eigenvalue weighted by Gasteiger charge is -2.13. The van der Waals surface area contributed by atoms with Crippen LogP contribution in [0.1, 0.15) is 30.5 Å². The van der Waals surface area contributed by atoms with Gasteiger partial charge in [-0.3, -0.25) is 4.79 Å². The molecule has 1 amide bonds. The molecule has 0 heterocycles. The van der Waals surface area contributed by atoms with E-state index in [0.29, 0.717) is 11.5 Å². The zero-order valence-corrected chi connectivity index (χ0v) is 15.5. The van der Waals surface area contributed by atoms with Crippen LogP contribution in [0.5, 0.6) is 11.5 Å². The number of carbonyl (C=O) groups is 1. The van der Waals surface area contributed by atoms with E-state index < -0.39 is 0 Å². The van der Waals surface area contributed by atoms with Crippen molar-refractivity contribution in [2.24, 2.45) is 0 Å². The maximum atomic E-state index is 12.5. The predicted octanol–water partition coefficient (Wildman–Crippen LogP) is 4.62. The van der Waals surface area contributed by atoms with E-state index in [0.717, 1.165) is 34.4 Å². The van der Waals surface area contributed by atoms with Crippen LogP contribution in [-0.2, 0) is 11.2 Å². The van der Waals surface area contributed by atoms with Crippen LogP contribution < -0.4 is 14.8 Å². The first-order valence-corrected chi connectivity index (χ1v) is 8.30. The van der Waals surface area contributed by atoms with E-state index in [9.17, 15) is 4.79 Å². The van der Waals surface area contributed by atoms with Crippen LogP contribution in [0.2, 0.25) is 0 Å². The number of nitrogens with one attached hydrogen (secondary N) is 1. The Labute approximate surface area is 149 Å². The van der Waals surface area contributed by atoms with Crippen molar-refractivity contribution in [1.29, 1.82) is 0 Å². The summed E-state index contributed by atoms with van der Waals surface area (Å²) in [5, 5.41) is 3.01. The zero-order chi connectivity index (χ0) is 18.4. The maximum Gasteiger partial charge on any atom is 0.248 e. The van der Waals surface area contributed by atoms with Crippen molar-refractivity contribution in [3.8, 4) is 11.5 Å². The van der Waals surface area contributed by atoms with Gasteiger partial charge in [-0.1, -0.05) is 25.1 Å². The summed E-state index contributed by atoms with van der Waals surface area (Å²) >= 11 is 0. The molecular weight excluding hydrogens is 314 g/mol. The summed E-state index contributed by atoms with van der Waals surface area (Å²) < 4.78 is 10.6. The summed E-state index contributed by atoms with van der Waals surface area (Å²) in [4.78, 5) is 12.5. The first-order valence-electron chi connectivity index (χ1n) is 8.30. The molecule has 2 rings (SSSR count). The Bertz CT molecular complexity index is 794. The molecule has 25 heavy (non-hydrogen) atoms. The van der Waals surface area contributed by atoms with Crippen molar-refractivity contribution in [1.82, 2.24) is 0 Å². The second-order valence-corrected chi connectivity index (χ2v) is 5.85. The minimum absolute atomic E-state index is 0.153. The molecular formula is C21H25NO3. The Kier molecular flexibility index (Phi) is 6.23. The fourth-order valence-electron chi connectivity index (χ4n) is 2.76. The van der Waals surface area contributed by atoms with Gasteiger partial charge in [0.15, 0.2) is 0 Å². The molecule has 0 unspecified atom stereocenters. The monoisotopic (exact) mass is 339 g/mol. The molecule has 0 saturated heterocycles. The quantitative estimate of drug-likeness (QED) is 0.781. The average molecular weight is 339 g/mol. The molecule has 1 N–H and O–H groups in total. The Morgan fingerprint density at radius 2 is 1.92 bits per heavy atom. The summed E-state index contributed by atoms with van der Waals surface area (Å²) in [6.45, 7) is 5.97. The van der Waals surface area contributed by atoms with Crippen molar-refractivity contribution >= 4 is 17.2 Å². The van der Waals surface area contributed by atoms with Crippen LogP contribution in [0.4, 0.5) is 5.69 Å². The van der Waals surface area contributed by atoms with E-state index in [4.69, 9.17) is 9.47 Å². The second-order valence-electron chi connectivity index (χ2n) is 5.85. The molecule has 0 saturated carbocycles. The minimum Gasteiger partial charge on any atom is -0.497 e. The van der Waals surface area contributed by atoms with Crippen molar-refractivity contribution in [2.45, 2.75) is 27.2 Å². The Balaban J connectivity index is 2.27. The zero-order valence-electron chi connectivity index (χ0n) is 15.5. The number of anilines is 1. The number of hydrogen-bond acceptors (Lipinski definition) is 3. The number of benzene rings is 2. The number of carbonyl (C=O) groups excluding carboxylic acids is 1. The van der Waals surface area contributed by atoms with Gasteiger partial charge >= 0.3 is 0 Å². The first-order chi connectivity index (χ1) is 12.0. The van der Waals surface area contributed by atoms with E-state index in [1.165, 1.54) is 0 Å². The van der Waals surface area contributed by atoms with Crippen LogP contribution in [0.25, 0.3) is 5.57 Å². The number of allylic oxidation sites excluding steroid dienone is 1. The molecule has 0 fully saturated rings. The summed E-state index contributed by atoms with van der Waals surface area (Å²) in [5.74, 6) is 1.23. The molecule has 0 aliphatic rings. The highest BCUT2D eigenvalue weighted by Gasteiger charge is 2.10. The molecule has 0 spiro atoms. The smallest absolute Gasteiger partial charge is 0.248 e. The van der Waals surface area contributed by atoms with Crippen LogP contribution in [-0.4, -0.2) is 20.1 Å². The number of amides is 1. The maximum absolute atomic E-state index is 12.5. The molecule has 4 heteroatoms. The summed E-state index contributed by atoms with van der Waals surface area (Å²) in [7, 11) is 3.21. The number of hydrogen-bond donors (Lipinski definition) is 1. The molecule has 0 radical (unpaired) electrons. The third-order valence-electron chi connectivity index (χ3n) is 4.17. The second kappa shape index (κ2) is 8.38. The van der Waals surface area contributed by atoms with Gasteiger partial charge in [-0.2, -0.15) is 0 Å². The van der Waals surface area contributed by atoms with Gasteiger partial charge in [-0.05, 0) is 49.1 Å². The van der Waals surface area contributed by atoms with E-state index in [1.54, 1.807) is 26.4 Å². The highest BCUT2D eigenvalue weighted by Crippen LogP contribution is 2.30. The van der Waals surface area contributed by atoms with Crippen molar-refractivity contribution in [3.63, 3.8) is 0 Å². The number of para-hydroxylation sites is 1. The van der Waals surface area contributed by atoms with E-state index in [-0.39, 0.29) is 5.91 Å². The van der Waals surface area contributed by atoms with Crippen LogP contribution in [0.15, 0.2) is 42.5 Å². The van der Waals surface area contributed by atoms with Gasteiger partial charge in [-0.25, -0.2) is 0 Å². The van der Waals surface area contributed by atoms with E-state index in [1.807, 2.05) is 44.2 Å². The Hall–Kier alpha value is -2.75. The number of rotatable bonds is 6.